The Morgan fingerprint density at radius 2 is 2.11 bits per heavy atom. The molecule has 1 aromatic carbocycles. The molecule has 0 bridgehead atoms. The van der Waals surface area contributed by atoms with Gasteiger partial charge in [0.2, 0.25) is 0 Å². The number of carbonyl (C=O) groups is 1. The summed E-state index contributed by atoms with van der Waals surface area (Å²) >= 11 is 0. The van der Waals surface area contributed by atoms with Gasteiger partial charge in [0, 0.05) is 18.1 Å². The Hall–Kier alpha value is -1.42. The zero-order chi connectivity index (χ0) is 13.3. The number of hydrogen-bond donors (Lipinski definition) is 1. The summed E-state index contributed by atoms with van der Waals surface area (Å²) in [6.07, 6.45) is 1.74. The molecule has 1 atom stereocenters. The van der Waals surface area contributed by atoms with Gasteiger partial charge in [0.15, 0.2) is 0 Å². The number of rotatable bonds is 1. The molecular weight excluding hydrogens is 231 g/mol. The average Bonchev–Trinajstić information content (AvgIpc) is 2.32. The van der Waals surface area contributed by atoms with Gasteiger partial charge >= 0.3 is 0 Å². The lowest BCUT2D eigenvalue weighted by atomic mass is 9.87. The highest BCUT2D eigenvalue weighted by Crippen LogP contribution is 2.28. The van der Waals surface area contributed by atoms with Gasteiger partial charge in [0.1, 0.15) is 5.82 Å². The summed E-state index contributed by atoms with van der Waals surface area (Å²) in [6.45, 7) is 4.48. The molecule has 1 amide bonds. The van der Waals surface area contributed by atoms with Crippen LogP contribution < -0.4 is 5.73 Å². The molecule has 0 aromatic heterocycles. The summed E-state index contributed by atoms with van der Waals surface area (Å²) < 4.78 is 13.7. The molecule has 1 saturated heterocycles. The summed E-state index contributed by atoms with van der Waals surface area (Å²) in [4.78, 5) is 14.1. The van der Waals surface area contributed by atoms with Gasteiger partial charge in [0.25, 0.3) is 5.91 Å². The molecule has 0 radical (unpaired) electrons. The van der Waals surface area contributed by atoms with Crippen molar-refractivity contribution in [1.29, 1.82) is 0 Å². The van der Waals surface area contributed by atoms with E-state index < -0.39 is 5.82 Å². The van der Waals surface area contributed by atoms with E-state index in [4.69, 9.17) is 5.73 Å². The smallest absolute Gasteiger partial charge is 0.257 e. The lowest BCUT2D eigenvalue weighted by Gasteiger charge is -2.44. The molecule has 0 spiro atoms. The monoisotopic (exact) mass is 250 g/mol. The van der Waals surface area contributed by atoms with Crippen LogP contribution in [0.2, 0.25) is 0 Å². The number of benzene rings is 1. The van der Waals surface area contributed by atoms with E-state index >= 15 is 0 Å². The normalized spacial score (nSPS) is 22.9. The van der Waals surface area contributed by atoms with Crippen LogP contribution in [0.4, 0.5) is 4.39 Å². The van der Waals surface area contributed by atoms with Crippen LogP contribution in [0.25, 0.3) is 0 Å². The van der Waals surface area contributed by atoms with E-state index in [0.29, 0.717) is 6.54 Å². The van der Waals surface area contributed by atoms with Crippen molar-refractivity contribution in [2.24, 2.45) is 5.73 Å². The van der Waals surface area contributed by atoms with Gasteiger partial charge in [-0.2, -0.15) is 0 Å². The Labute approximate surface area is 107 Å². The zero-order valence-corrected chi connectivity index (χ0v) is 10.8. The predicted molar refractivity (Wildman–Crippen MR) is 68.7 cm³/mol. The van der Waals surface area contributed by atoms with E-state index in [-0.39, 0.29) is 23.1 Å². The van der Waals surface area contributed by atoms with Gasteiger partial charge in [-0.15, -0.1) is 0 Å². The molecule has 1 aliphatic heterocycles. The molecule has 4 heteroatoms. The van der Waals surface area contributed by atoms with Crippen LogP contribution in [0.5, 0.6) is 0 Å². The number of piperidine rings is 1. The summed E-state index contributed by atoms with van der Waals surface area (Å²) in [5, 5.41) is 0. The van der Waals surface area contributed by atoms with Crippen molar-refractivity contribution < 1.29 is 9.18 Å². The molecule has 1 fully saturated rings. The number of amides is 1. The number of hydrogen-bond acceptors (Lipinski definition) is 2. The van der Waals surface area contributed by atoms with Gasteiger partial charge in [-0.05, 0) is 38.8 Å². The predicted octanol–water partition coefficient (Wildman–Crippen LogP) is 2.17. The highest BCUT2D eigenvalue weighted by atomic mass is 19.1. The first-order valence-corrected chi connectivity index (χ1v) is 6.24. The lowest BCUT2D eigenvalue weighted by Crippen LogP contribution is -2.56. The standard InChI is InChI=1S/C14H19FN2O/c1-14(2)8-7-10(16)9-17(14)13(18)11-5-3-4-6-12(11)15/h3-6,10H,7-9,16H2,1-2H3. The van der Waals surface area contributed by atoms with Crippen LogP contribution in [0.1, 0.15) is 37.0 Å². The maximum atomic E-state index is 13.7. The second-order valence-corrected chi connectivity index (χ2v) is 5.51. The third-order valence-electron chi connectivity index (χ3n) is 3.62. The minimum absolute atomic E-state index is 0.0197. The SMILES string of the molecule is CC1(C)CCC(N)CN1C(=O)c1ccccc1F. The van der Waals surface area contributed by atoms with Crippen LogP contribution in [0.15, 0.2) is 24.3 Å². The molecule has 18 heavy (non-hydrogen) atoms. The van der Waals surface area contributed by atoms with Crippen LogP contribution in [0, 0.1) is 5.82 Å². The van der Waals surface area contributed by atoms with E-state index in [0.717, 1.165) is 12.8 Å². The van der Waals surface area contributed by atoms with Crippen LogP contribution in [-0.4, -0.2) is 28.9 Å². The van der Waals surface area contributed by atoms with Gasteiger partial charge in [-0.1, -0.05) is 12.1 Å². The number of nitrogens with zero attached hydrogens (tertiary/aromatic N) is 1. The number of halogens is 1. The molecule has 98 valence electrons. The lowest BCUT2D eigenvalue weighted by molar-refractivity contribution is 0.0391. The quantitative estimate of drug-likeness (QED) is 0.830. The Morgan fingerprint density at radius 1 is 1.44 bits per heavy atom. The minimum Gasteiger partial charge on any atom is -0.332 e. The fourth-order valence-corrected chi connectivity index (χ4v) is 2.38. The van der Waals surface area contributed by atoms with E-state index in [9.17, 15) is 9.18 Å². The third-order valence-corrected chi connectivity index (χ3v) is 3.62. The Balaban J connectivity index is 2.30. The Kier molecular flexibility index (Phi) is 3.39. The van der Waals surface area contributed by atoms with E-state index in [1.54, 1.807) is 17.0 Å². The average molecular weight is 250 g/mol. The van der Waals surface area contributed by atoms with Crippen molar-refractivity contribution in [1.82, 2.24) is 4.90 Å². The molecule has 2 rings (SSSR count). The molecule has 1 unspecified atom stereocenters. The maximum absolute atomic E-state index is 13.7. The Morgan fingerprint density at radius 3 is 2.78 bits per heavy atom. The molecule has 0 saturated carbocycles. The number of carbonyl (C=O) groups excluding carboxylic acids is 1. The summed E-state index contributed by atoms with van der Waals surface area (Å²) in [5.41, 5.74) is 5.77. The van der Waals surface area contributed by atoms with Crippen LogP contribution in [0.3, 0.4) is 0 Å². The zero-order valence-electron chi connectivity index (χ0n) is 10.8. The van der Waals surface area contributed by atoms with Gasteiger partial charge < -0.3 is 10.6 Å². The van der Waals surface area contributed by atoms with E-state index in [1.807, 2.05) is 13.8 Å². The molecule has 0 aliphatic carbocycles. The van der Waals surface area contributed by atoms with Crippen molar-refractivity contribution in [2.75, 3.05) is 6.54 Å². The summed E-state index contributed by atoms with van der Waals surface area (Å²) in [7, 11) is 0. The highest BCUT2D eigenvalue weighted by molar-refractivity contribution is 5.95. The fourth-order valence-electron chi connectivity index (χ4n) is 2.38. The molecule has 3 nitrogen and oxygen atoms in total. The van der Waals surface area contributed by atoms with Gasteiger partial charge in [-0.3, -0.25) is 4.79 Å². The third kappa shape index (κ3) is 2.38. The second kappa shape index (κ2) is 4.69. The maximum Gasteiger partial charge on any atom is 0.257 e. The van der Waals surface area contributed by atoms with E-state index in [1.165, 1.54) is 12.1 Å². The first kappa shape index (κ1) is 13.0. The summed E-state index contributed by atoms with van der Waals surface area (Å²) in [5.74, 6) is -0.745. The molecule has 1 aromatic rings. The van der Waals surface area contributed by atoms with Crippen molar-refractivity contribution in [3.05, 3.63) is 35.6 Å². The second-order valence-electron chi connectivity index (χ2n) is 5.51. The van der Waals surface area contributed by atoms with Gasteiger partial charge in [0.05, 0.1) is 5.56 Å². The van der Waals surface area contributed by atoms with Crippen LogP contribution >= 0.6 is 0 Å². The Bertz CT molecular complexity index is 459. The largest absolute Gasteiger partial charge is 0.332 e. The first-order valence-electron chi connectivity index (χ1n) is 6.24. The van der Waals surface area contributed by atoms with Gasteiger partial charge in [-0.25, -0.2) is 4.39 Å². The topological polar surface area (TPSA) is 46.3 Å². The van der Waals surface area contributed by atoms with Crippen molar-refractivity contribution in [2.45, 2.75) is 38.3 Å². The minimum atomic E-state index is -0.475. The first-order chi connectivity index (χ1) is 8.42. The van der Waals surface area contributed by atoms with E-state index in [2.05, 4.69) is 0 Å². The molecule has 1 aliphatic rings. The highest BCUT2D eigenvalue weighted by Gasteiger charge is 2.37. The number of nitrogens with two attached hydrogens (primary N) is 1. The molecular formula is C14H19FN2O. The summed E-state index contributed by atoms with van der Waals surface area (Å²) in [6, 6.07) is 6.07. The van der Waals surface area contributed by atoms with Crippen molar-refractivity contribution in [3.8, 4) is 0 Å². The van der Waals surface area contributed by atoms with Crippen LogP contribution in [-0.2, 0) is 0 Å². The molecule has 1 heterocycles. The number of likely N-dealkylation sites (tertiary alicyclic amines) is 1. The molecule has 2 N–H and O–H groups in total. The fraction of sp³-hybridized carbons (Fsp3) is 0.500. The van der Waals surface area contributed by atoms with Crippen molar-refractivity contribution in [3.63, 3.8) is 0 Å². The van der Waals surface area contributed by atoms with Crippen molar-refractivity contribution >= 4 is 5.91 Å².